The summed E-state index contributed by atoms with van der Waals surface area (Å²) in [5, 5.41) is 1.96. The number of fused-ring (bicyclic) bond motifs is 1. The molecule has 2 aliphatic rings. The molecular weight excluding hydrogens is 347 g/mol. The third-order valence-corrected chi connectivity index (χ3v) is 5.80. The number of hydrogen-bond acceptors (Lipinski definition) is 3. The summed E-state index contributed by atoms with van der Waals surface area (Å²) < 4.78 is 1.17. The number of nitrogens with two attached hydrogens (primary N) is 1. The molecule has 3 unspecified atom stereocenters. The Balaban J connectivity index is 1.73. The van der Waals surface area contributed by atoms with Crippen LogP contribution in [-0.4, -0.2) is 29.9 Å². The smallest absolute Gasteiger partial charge is 0.254 e. The van der Waals surface area contributed by atoms with Crippen LogP contribution in [0.5, 0.6) is 0 Å². The highest BCUT2D eigenvalue weighted by atomic mass is 127. The van der Waals surface area contributed by atoms with E-state index in [1.165, 1.54) is 9.30 Å². The second kappa shape index (κ2) is 4.51. The van der Waals surface area contributed by atoms with E-state index in [2.05, 4.69) is 22.6 Å². The lowest BCUT2D eigenvalue weighted by molar-refractivity contribution is 0.0780. The molecule has 1 aliphatic carbocycles. The van der Waals surface area contributed by atoms with Gasteiger partial charge in [0.2, 0.25) is 0 Å². The first-order valence-electron chi connectivity index (χ1n) is 5.94. The van der Waals surface area contributed by atoms with Crippen molar-refractivity contribution >= 4 is 39.8 Å². The van der Waals surface area contributed by atoms with E-state index >= 15 is 0 Å². The van der Waals surface area contributed by atoms with Crippen molar-refractivity contribution in [1.82, 2.24) is 4.90 Å². The summed E-state index contributed by atoms with van der Waals surface area (Å²) in [6.07, 6.45) is 2.32. The average molecular weight is 362 g/mol. The monoisotopic (exact) mass is 362 g/mol. The van der Waals surface area contributed by atoms with Crippen LogP contribution in [0.25, 0.3) is 0 Å². The van der Waals surface area contributed by atoms with Gasteiger partial charge in [-0.2, -0.15) is 0 Å². The summed E-state index contributed by atoms with van der Waals surface area (Å²) in [7, 11) is 0. The van der Waals surface area contributed by atoms with Gasteiger partial charge in [0.05, 0.1) is 8.45 Å². The molecule has 2 heterocycles. The van der Waals surface area contributed by atoms with Gasteiger partial charge in [0.1, 0.15) is 0 Å². The lowest BCUT2D eigenvalue weighted by Crippen LogP contribution is -2.33. The molecule has 3 nitrogen and oxygen atoms in total. The van der Waals surface area contributed by atoms with Crippen LogP contribution in [-0.2, 0) is 0 Å². The van der Waals surface area contributed by atoms with Crippen LogP contribution in [0.4, 0.5) is 0 Å². The second-order valence-electron chi connectivity index (χ2n) is 5.01. The molecular formula is C12H15IN2OS. The van der Waals surface area contributed by atoms with E-state index in [0.717, 1.165) is 25.1 Å². The molecule has 1 amide bonds. The van der Waals surface area contributed by atoms with Crippen LogP contribution in [0.2, 0.25) is 0 Å². The van der Waals surface area contributed by atoms with Gasteiger partial charge in [0.15, 0.2) is 0 Å². The average Bonchev–Trinajstić information content (AvgIpc) is 2.96. The van der Waals surface area contributed by atoms with E-state index in [1.807, 2.05) is 16.3 Å². The molecule has 0 radical (unpaired) electrons. The number of likely N-dealkylation sites (tertiary alicyclic amines) is 1. The predicted octanol–water partition coefficient (Wildman–Crippen LogP) is 2.16. The lowest BCUT2D eigenvalue weighted by atomic mass is 9.98. The fourth-order valence-corrected chi connectivity index (χ4v) is 4.40. The highest BCUT2D eigenvalue weighted by molar-refractivity contribution is 14.1. The van der Waals surface area contributed by atoms with Gasteiger partial charge < -0.3 is 10.6 Å². The van der Waals surface area contributed by atoms with Crippen LogP contribution in [0.1, 0.15) is 23.2 Å². The Bertz CT molecular complexity index is 447. The summed E-state index contributed by atoms with van der Waals surface area (Å²) >= 11 is 3.88. The molecule has 2 N–H and O–H groups in total. The number of rotatable bonds is 1. The summed E-state index contributed by atoms with van der Waals surface area (Å²) in [6.45, 7) is 1.76. The van der Waals surface area contributed by atoms with Gasteiger partial charge in [-0.1, -0.05) is 0 Å². The van der Waals surface area contributed by atoms with Gasteiger partial charge in [-0.25, -0.2) is 0 Å². The first-order valence-corrected chi connectivity index (χ1v) is 7.90. The maximum absolute atomic E-state index is 12.3. The Hall–Kier alpha value is -0.140. The zero-order chi connectivity index (χ0) is 12.0. The number of halogens is 1. The molecule has 1 aromatic rings. The third kappa shape index (κ3) is 2.13. The highest BCUT2D eigenvalue weighted by Gasteiger charge is 2.42. The first kappa shape index (κ1) is 11.9. The summed E-state index contributed by atoms with van der Waals surface area (Å²) in [5.74, 6) is 1.37. The van der Waals surface area contributed by atoms with Crippen LogP contribution in [0.15, 0.2) is 11.4 Å². The molecule has 0 aromatic carbocycles. The number of nitrogens with zero attached hydrogens (tertiary/aromatic N) is 1. The summed E-state index contributed by atoms with van der Waals surface area (Å²) in [6, 6.07) is 2.28. The van der Waals surface area contributed by atoms with E-state index in [4.69, 9.17) is 5.73 Å². The normalized spacial score (nSPS) is 31.9. The molecule has 1 aromatic heterocycles. The van der Waals surface area contributed by atoms with Crippen molar-refractivity contribution in [2.24, 2.45) is 17.6 Å². The zero-order valence-corrected chi connectivity index (χ0v) is 12.4. The van der Waals surface area contributed by atoms with E-state index in [9.17, 15) is 4.79 Å². The molecule has 17 heavy (non-hydrogen) atoms. The Labute approximate surface area is 119 Å². The van der Waals surface area contributed by atoms with E-state index in [-0.39, 0.29) is 5.91 Å². The van der Waals surface area contributed by atoms with Crippen molar-refractivity contribution in [3.05, 3.63) is 19.9 Å². The third-order valence-electron chi connectivity index (χ3n) is 4.01. The van der Waals surface area contributed by atoms with Gasteiger partial charge in [0, 0.05) is 24.5 Å². The highest BCUT2D eigenvalue weighted by Crippen LogP contribution is 2.37. The molecule has 3 atom stereocenters. The largest absolute Gasteiger partial charge is 0.338 e. The summed E-state index contributed by atoms with van der Waals surface area (Å²) in [4.78, 5) is 14.3. The Morgan fingerprint density at radius 3 is 2.94 bits per heavy atom. The molecule has 1 saturated heterocycles. The minimum absolute atomic E-state index is 0.186. The minimum atomic E-state index is 0.186. The minimum Gasteiger partial charge on any atom is -0.338 e. The quantitative estimate of drug-likeness (QED) is 0.779. The van der Waals surface area contributed by atoms with Crippen molar-refractivity contribution in [3.8, 4) is 0 Å². The van der Waals surface area contributed by atoms with Crippen molar-refractivity contribution in [3.63, 3.8) is 0 Å². The Morgan fingerprint density at radius 1 is 1.47 bits per heavy atom. The zero-order valence-electron chi connectivity index (χ0n) is 9.43. The fourth-order valence-electron chi connectivity index (χ4n) is 3.08. The lowest BCUT2D eigenvalue weighted by Gasteiger charge is -2.18. The van der Waals surface area contributed by atoms with Gasteiger partial charge in [0.25, 0.3) is 5.91 Å². The van der Waals surface area contributed by atoms with E-state index in [0.29, 0.717) is 17.9 Å². The molecule has 1 aliphatic heterocycles. The molecule has 5 heteroatoms. The van der Waals surface area contributed by atoms with Crippen LogP contribution in [0.3, 0.4) is 0 Å². The number of hydrogen-bond donors (Lipinski definition) is 1. The van der Waals surface area contributed by atoms with Crippen molar-refractivity contribution in [2.75, 3.05) is 13.1 Å². The van der Waals surface area contributed by atoms with E-state index < -0.39 is 0 Å². The topological polar surface area (TPSA) is 46.3 Å². The van der Waals surface area contributed by atoms with Gasteiger partial charge in [-0.3, -0.25) is 4.79 Å². The van der Waals surface area contributed by atoms with Gasteiger partial charge in [-0.05, 0) is 53.3 Å². The first-order chi connectivity index (χ1) is 8.15. The number of thiophene rings is 1. The van der Waals surface area contributed by atoms with Crippen molar-refractivity contribution < 1.29 is 4.79 Å². The molecule has 92 valence electrons. The van der Waals surface area contributed by atoms with Gasteiger partial charge >= 0.3 is 0 Å². The number of carbonyl (C=O) groups is 1. The predicted molar refractivity (Wildman–Crippen MR) is 77.1 cm³/mol. The molecule has 2 fully saturated rings. The maximum Gasteiger partial charge on any atom is 0.254 e. The Morgan fingerprint density at radius 2 is 2.29 bits per heavy atom. The standard InChI is InChI=1S/C12H15IN2OS/c13-11-3-8(6-17-11)12(16)15-4-7-1-2-10(14)9(7)5-15/h3,6-7,9-10H,1-2,4-5,14H2. The van der Waals surface area contributed by atoms with Gasteiger partial charge in [-0.15, -0.1) is 11.3 Å². The molecule has 1 saturated carbocycles. The second-order valence-corrected chi connectivity index (χ2v) is 7.82. The van der Waals surface area contributed by atoms with Crippen LogP contribution >= 0.6 is 33.9 Å². The molecule has 0 spiro atoms. The summed E-state index contributed by atoms with van der Waals surface area (Å²) in [5.41, 5.74) is 6.93. The fraction of sp³-hybridized carbons (Fsp3) is 0.583. The van der Waals surface area contributed by atoms with E-state index in [1.54, 1.807) is 11.3 Å². The van der Waals surface area contributed by atoms with Crippen molar-refractivity contribution in [1.29, 1.82) is 0 Å². The van der Waals surface area contributed by atoms with Crippen LogP contribution in [0, 0.1) is 14.7 Å². The Kier molecular flexibility index (Phi) is 3.16. The number of carbonyl (C=O) groups excluding carboxylic acids is 1. The maximum atomic E-state index is 12.3. The SMILES string of the molecule is NC1CCC2CN(C(=O)c3csc(I)c3)CC12. The molecule has 3 rings (SSSR count). The number of amides is 1. The van der Waals surface area contributed by atoms with Crippen molar-refractivity contribution in [2.45, 2.75) is 18.9 Å². The van der Waals surface area contributed by atoms with Crippen LogP contribution < -0.4 is 5.73 Å². The molecule has 0 bridgehead atoms.